The number of allylic oxidation sites excluding steroid dienone is 5. The molecule has 2 nitrogen and oxygen atoms in total. The summed E-state index contributed by atoms with van der Waals surface area (Å²) in [6, 6.07) is 0. The van der Waals surface area contributed by atoms with Crippen LogP contribution in [0.25, 0.3) is 0 Å². The first-order valence-corrected chi connectivity index (χ1v) is 26.0. The smallest absolute Gasteiger partial charge is 0.330 e. The van der Waals surface area contributed by atoms with Crippen LogP contribution in [0.3, 0.4) is 0 Å². The van der Waals surface area contributed by atoms with Gasteiger partial charge in [-0.15, -0.1) is 0 Å². The van der Waals surface area contributed by atoms with E-state index in [1.54, 1.807) is 6.08 Å². The summed E-state index contributed by atoms with van der Waals surface area (Å²) < 4.78 is 5.36. The highest BCUT2D eigenvalue weighted by Crippen LogP contribution is 2.17. The van der Waals surface area contributed by atoms with Gasteiger partial charge in [-0.25, -0.2) is 4.79 Å². The SMILES string of the molecule is CCCCCCCCCCCCCC=CC=CC=CC(=O)OCCCCCCCCCCCCCCCCCCCCCCCCCCCCCCCCCC. The number of hydrogen-bond acceptors (Lipinski definition) is 2. The lowest BCUT2D eigenvalue weighted by Crippen LogP contribution is -2.02. The van der Waals surface area contributed by atoms with Gasteiger partial charge in [-0.3, -0.25) is 0 Å². The largest absolute Gasteiger partial charge is 0.463 e. The van der Waals surface area contributed by atoms with Crippen molar-refractivity contribution in [1.82, 2.24) is 0 Å². The average molecular weight is 783 g/mol. The van der Waals surface area contributed by atoms with Crippen LogP contribution in [0.15, 0.2) is 36.5 Å². The molecule has 0 fully saturated rings. The van der Waals surface area contributed by atoms with Crippen molar-refractivity contribution in [3.05, 3.63) is 36.5 Å². The van der Waals surface area contributed by atoms with Crippen LogP contribution >= 0.6 is 0 Å². The number of unbranched alkanes of at least 4 members (excludes halogenated alkanes) is 42. The highest BCUT2D eigenvalue weighted by atomic mass is 16.5. The summed E-state index contributed by atoms with van der Waals surface area (Å²) in [6.45, 7) is 5.14. The molecule has 0 saturated heterocycles. The summed E-state index contributed by atoms with van der Waals surface area (Å²) in [7, 11) is 0. The second-order valence-corrected chi connectivity index (χ2v) is 17.6. The minimum absolute atomic E-state index is 0.222. The Bertz CT molecular complexity index is 809. The van der Waals surface area contributed by atoms with Crippen LogP contribution in [0.2, 0.25) is 0 Å². The summed E-state index contributed by atoms with van der Waals surface area (Å²) in [5.41, 5.74) is 0. The third-order valence-electron chi connectivity index (χ3n) is 11.9. The van der Waals surface area contributed by atoms with E-state index in [-0.39, 0.29) is 5.97 Å². The monoisotopic (exact) mass is 783 g/mol. The fourth-order valence-corrected chi connectivity index (χ4v) is 8.06. The number of hydrogen-bond donors (Lipinski definition) is 0. The first kappa shape index (κ1) is 54.7. The fraction of sp³-hybridized carbons (Fsp3) is 0.870. The zero-order chi connectivity index (χ0) is 40.3. The summed E-state index contributed by atoms with van der Waals surface area (Å²) >= 11 is 0. The van der Waals surface area contributed by atoms with Gasteiger partial charge in [0.2, 0.25) is 0 Å². The quantitative estimate of drug-likeness (QED) is 0.0266. The molecular formula is C54H102O2. The van der Waals surface area contributed by atoms with Crippen LogP contribution in [0, 0.1) is 0 Å². The van der Waals surface area contributed by atoms with E-state index in [9.17, 15) is 4.79 Å². The molecule has 0 aromatic heterocycles. The predicted octanol–water partition coefficient (Wildman–Crippen LogP) is 19.4. The number of carbonyl (C=O) groups excluding carboxylic acids is 1. The van der Waals surface area contributed by atoms with E-state index in [0.29, 0.717) is 6.61 Å². The third kappa shape index (κ3) is 50.7. The van der Waals surface area contributed by atoms with Crippen molar-refractivity contribution in [3.8, 4) is 0 Å². The van der Waals surface area contributed by atoms with Crippen LogP contribution in [0.4, 0.5) is 0 Å². The van der Waals surface area contributed by atoms with Gasteiger partial charge in [-0.2, -0.15) is 0 Å². The van der Waals surface area contributed by atoms with Crippen molar-refractivity contribution >= 4 is 5.97 Å². The van der Waals surface area contributed by atoms with E-state index in [1.807, 2.05) is 12.2 Å². The molecule has 0 aliphatic carbocycles. The summed E-state index contributed by atoms with van der Waals surface area (Å²) in [5, 5.41) is 0. The molecule has 56 heavy (non-hydrogen) atoms. The molecule has 0 radical (unpaired) electrons. The van der Waals surface area contributed by atoms with Gasteiger partial charge in [0.25, 0.3) is 0 Å². The molecule has 0 unspecified atom stereocenters. The Kier molecular flexibility index (Phi) is 50.5. The molecule has 330 valence electrons. The molecule has 0 amide bonds. The Balaban J connectivity index is 3.24. The van der Waals surface area contributed by atoms with Crippen molar-refractivity contribution in [2.75, 3.05) is 6.61 Å². The summed E-state index contributed by atoms with van der Waals surface area (Å²) in [5.74, 6) is -0.222. The second kappa shape index (κ2) is 51.7. The van der Waals surface area contributed by atoms with Crippen LogP contribution in [0.1, 0.15) is 296 Å². The number of rotatable bonds is 48. The Morgan fingerprint density at radius 1 is 0.304 bits per heavy atom. The molecule has 2 heteroatoms. The molecular weight excluding hydrogens is 681 g/mol. The maximum atomic E-state index is 11.9. The first-order valence-electron chi connectivity index (χ1n) is 26.0. The average Bonchev–Trinajstić information content (AvgIpc) is 3.20. The van der Waals surface area contributed by atoms with Gasteiger partial charge >= 0.3 is 5.97 Å². The van der Waals surface area contributed by atoms with Crippen molar-refractivity contribution in [2.45, 2.75) is 296 Å². The van der Waals surface area contributed by atoms with Gasteiger partial charge in [0.1, 0.15) is 0 Å². The highest BCUT2D eigenvalue weighted by Gasteiger charge is 1.99. The molecule has 0 atom stereocenters. The maximum absolute atomic E-state index is 11.9. The van der Waals surface area contributed by atoms with E-state index in [4.69, 9.17) is 4.74 Å². The molecule has 0 bridgehead atoms. The van der Waals surface area contributed by atoms with Crippen molar-refractivity contribution in [3.63, 3.8) is 0 Å². The van der Waals surface area contributed by atoms with E-state index < -0.39 is 0 Å². The minimum atomic E-state index is -0.222. The lowest BCUT2D eigenvalue weighted by molar-refractivity contribution is -0.137. The third-order valence-corrected chi connectivity index (χ3v) is 11.9. The van der Waals surface area contributed by atoms with E-state index in [2.05, 4.69) is 26.0 Å². The molecule has 0 heterocycles. The van der Waals surface area contributed by atoms with Crippen LogP contribution in [0.5, 0.6) is 0 Å². The molecule has 0 aromatic carbocycles. The van der Waals surface area contributed by atoms with Gasteiger partial charge in [-0.1, -0.05) is 307 Å². The highest BCUT2D eigenvalue weighted by molar-refractivity contribution is 5.82. The topological polar surface area (TPSA) is 26.3 Å². The Morgan fingerprint density at radius 3 is 0.857 bits per heavy atom. The second-order valence-electron chi connectivity index (χ2n) is 17.6. The van der Waals surface area contributed by atoms with E-state index in [0.717, 1.165) is 12.8 Å². The standard InChI is InChI=1S/C54H102O2/c1-3-5-7-9-11-13-15-17-19-21-22-23-24-25-26-27-28-29-30-31-32-33-34-35-37-39-41-43-45-47-49-51-53-56-54(55)52-50-48-46-44-42-40-38-36-20-18-16-14-12-10-8-6-4-2/h42,44,46,48,50,52H,3-41,43,45,47,49,51,53H2,1-2H3. The minimum Gasteiger partial charge on any atom is -0.463 e. The van der Waals surface area contributed by atoms with Crippen molar-refractivity contribution < 1.29 is 9.53 Å². The number of carbonyl (C=O) groups is 1. The Labute approximate surface area is 353 Å². The Hall–Kier alpha value is -1.31. The van der Waals surface area contributed by atoms with E-state index in [1.165, 1.54) is 276 Å². The fourth-order valence-electron chi connectivity index (χ4n) is 8.06. The van der Waals surface area contributed by atoms with Crippen LogP contribution in [-0.2, 0) is 9.53 Å². The molecule has 0 rings (SSSR count). The first-order chi connectivity index (χ1) is 27.8. The van der Waals surface area contributed by atoms with Crippen LogP contribution in [-0.4, -0.2) is 12.6 Å². The molecule has 0 N–H and O–H groups in total. The van der Waals surface area contributed by atoms with E-state index >= 15 is 0 Å². The zero-order valence-electron chi connectivity index (χ0n) is 38.6. The van der Waals surface area contributed by atoms with Crippen LogP contribution < -0.4 is 0 Å². The van der Waals surface area contributed by atoms with Gasteiger partial charge in [0.15, 0.2) is 0 Å². The number of ether oxygens (including phenoxy) is 1. The van der Waals surface area contributed by atoms with Gasteiger partial charge in [0, 0.05) is 6.08 Å². The Morgan fingerprint density at radius 2 is 0.554 bits per heavy atom. The maximum Gasteiger partial charge on any atom is 0.330 e. The lowest BCUT2D eigenvalue weighted by atomic mass is 10.0. The normalized spacial score (nSPS) is 12.0. The summed E-state index contributed by atoms with van der Waals surface area (Å²) in [4.78, 5) is 11.9. The molecule has 0 saturated carbocycles. The van der Waals surface area contributed by atoms with Crippen molar-refractivity contribution in [2.24, 2.45) is 0 Å². The molecule has 0 aromatic rings. The molecule has 0 spiro atoms. The van der Waals surface area contributed by atoms with Crippen molar-refractivity contribution in [1.29, 1.82) is 0 Å². The zero-order valence-corrected chi connectivity index (χ0v) is 38.6. The van der Waals surface area contributed by atoms with Gasteiger partial charge in [0.05, 0.1) is 6.61 Å². The van der Waals surface area contributed by atoms with Gasteiger partial charge in [-0.05, 0) is 19.3 Å². The number of esters is 1. The summed E-state index contributed by atoms with van der Waals surface area (Å²) in [6.07, 6.45) is 73.5. The molecule has 0 aliphatic rings. The predicted molar refractivity (Wildman–Crippen MR) is 253 cm³/mol. The van der Waals surface area contributed by atoms with Gasteiger partial charge < -0.3 is 4.74 Å². The molecule has 0 aliphatic heterocycles. The lowest BCUT2D eigenvalue weighted by Gasteiger charge is -2.05.